The largest absolute Gasteiger partial charge is 0.480 e. The standard InChI is InChI=1S/C11H23NO4S/c1-8(2)6-9(10(13)14)12-17(15,16)7-11(3,4)5/h8-9,12H,6-7H2,1-5H3,(H,13,14)/t9-/m1/s1. The molecule has 0 radical (unpaired) electrons. The summed E-state index contributed by atoms with van der Waals surface area (Å²) >= 11 is 0. The SMILES string of the molecule is CC(C)C[C@@H](NS(=O)(=O)CC(C)(C)C)C(=O)O. The van der Waals surface area contributed by atoms with Crippen LogP contribution in [-0.2, 0) is 14.8 Å². The van der Waals surface area contributed by atoms with Gasteiger partial charge in [0.1, 0.15) is 6.04 Å². The Balaban J connectivity index is 4.71. The first-order valence-electron chi connectivity index (χ1n) is 5.66. The second kappa shape index (κ2) is 5.82. The lowest BCUT2D eigenvalue weighted by atomic mass is 10.0. The Labute approximate surface area is 104 Å². The van der Waals surface area contributed by atoms with Crippen molar-refractivity contribution in [1.82, 2.24) is 4.72 Å². The predicted molar refractivity (Wildman–Crippen MR) is 67.3 cm³/mol. The Bertz CT molecular complexity index is 354. The van der Waals surface area contributed by atoms with Crippen LogP contribution >= 0.6 is 0 Å². The number of sulfonamides is 1. The third kappa shape index (κ3) is 8.15. The molecule has 0 aliphatic rings. The van der Waals surface area contributed by atoms with Crippen LogP contribution in [0.1, 0.15) is 41.0 Å². The van der Waals surface area contributed by atoms with Gasteiger partial charge in [-0.3, -0.25) is 4.79 Å². The Hall–Kier alpha value is -0.620. The highest BCUT2D eigenvalue weighted by Crippen LogP contribution is 2.16. The van der Waals surface area contributed by atoms with Gasteiger partial charge in [0.2, 0.25) is 10.0 Å². The van der Waals surface area contributed by atoms with E-state index in [0.29, 0.717) is 6.42 Å². The van der Waals surface area contributed by atoms with Crippen LogP contribution in [0.25, 0.3) is 0 Å². The van der Waals surface area contributed by atoms with E-state index in [2.05, 4.69) is 4.72 Å². The average molecular weight is 265 g/mol. The zero-order chi connectivity index (χ0) is 13.9. The molecule has 0 unspecified atom stereocenters. The van der Waals surface area contributed by atoms with Crippen molar-refractivity contribution in [2.24, 2.45) is 11.3 Å². The van der Waals surface area contributed by atoms with Gasteiger partial charge in [-0.25, -0.2) is 13.1 Å². The minimum absolute atomic E-state index is 0.0815. The van der Waals surface area contributed by atoms with Gasteiger partial charge in [0.25, 0.3) is 0 Å². The van der Waals surface area contributed by atoms with Gasteiger partial charge in [-0.15, -0.1) is 0 Å². The van der Waals surface area contributed by atoms with Crippen molar-refractivity contribution in [2.45, 2.75) is 47.1 Å². The molecule has 17 heavy (non-hydrogen) atoms. The molecule has 0 aromatic carbocycles. The molecule has 0 fully saturated rings. The van der Waals surface area contributed by atoms with Crippen molar-refractivity contribution in [3.05, 3.63) is 0 Å². The molecule has 0 amide bonds. The van der Waals surface area contributed by atoms with Crippen LogP contribution in [-0.4, -0.2) is 31.3 Å². The molecule has 0 rings (SSSR count). The maximum atomic E-state index is 11.8. The van der Waals surface area contributed by atoms with Crippen LogP contribution in [0.5, 0.6) is 0 Å². The monoisotopic (exact) mass is 265 g/mol. The van der Waals surface area contributed by atoms with Gasteiger partial charge < -0.3 is 5.11 Å². The lowest BCUT2D eigenvalue weighted by Crippen LogP contribution is -2.44. The third-order valence-corrected chi connectivity index (χ3v) is 3.84. The second-order valence-electron chi connectivity index (χ2n) is 5.96. The van der Waals surface area contributed by atoms with E-state index in [9.17, 15) is 13.2 Å². The molecule has 0 aromatic heterocycles. The number of carbonyl (C=O) groups is 1. The van der Waals surface area contributed by atoms with Gasteiger partial charge in [0.05, 0.1) is 5.75 Å². The summed E-state index contributed by atoms with van der Waals surface area (Å²) in [6, 6.07) is -1.04. The summed E-state index contributed by atoms with van der Waals surface area (Å²) in [4.78, 5) is 11.0. The van der Waals surface area contributed by atoms with E-state index >= 15 is 0 Å². The second-order valence-corrected chi connectivity index (χ2v) is 7.71. The number of rotatable bonds is 6. The normalized spacial score (nSPS) is 14.9. The summed E-state index contributed by atoms with van der Waals surface area (Å²) in [5.74, 6) is -1.09. The van der Waals surface area contributed by atoms with Gasteiger partial charge in [-0.2, -0.15) is 0 Å². The summed E-state index contributed by atoms with van der Waals surface area (Å²) in [6.45, 7) is 9.10. The molecule has 2 N–H and O–H groups in total. The molecule has 0 heterocycles. The molecule has 0 spiro atoms. The number of hydrogen-bond acceptors (Lipinski definition) is 3. The molecular formula is C11H23NO4S. The first-order valence-corrected chi connectivity index (χ1v) is 7.31. The van der Waals surface area contributed by atoms with Crippen LogP contribution in [0, 0.1) is 11.3 Å². The van der Waals surface area contributed by atoms with Gasteiger partial charge in [-0.1, -0.05) is 34.6 Å². The highest BCUT2D eigenvalue weighted by Gasteiger charge is 2.28. The Kier molecular flexibility index (Phi) is 5.61. The van der Waals surface area contributed by atoms with Crippen LogP contribution in [0.3, 0.4) is 0 Å². The van der Waals surface area contributed by atoms with E-state index < -0.39 is 27.4 Å². The van der Waals surface area contributed by atoms with E-state index in [1.54, 1.807) is 20.8 Å². The lowest BCUT2D eigenvalue weighted by molar-refractivity contribution is -0.139. The summed E-state index contributed by atoms with van der Waals surface area (Å²) in [5.41, 5.74) is -0.396. The molecule has 5 nitrogen and oxygen atoms in total. The molecule has 0 bridgehead atoms. The van der Waals surface area contributed by atoms with Crippen LogP contribution < -0.4 is 4.72 Å². The fraction of sp³-hybridized carbons (Fsp3) is 0.909. The fourth-order valence-electron chi connectivity index (χ4n) is 1.50. The molecule has 0 aliphatic heterocycles. The lowest BCUT2D eigenvalue weighted by Gasteiger charge is -2.21. The Morgan fingerprint density at radius 2 is 1.76 bits per heavy atom. The van der Waals surface area contributed by atoms with Crippen molar-refractivity contribution in [2.75, 3.05) is 5.75 Å². The van der Waals surface area contributed by atoms with Crippen LogP contribution in [0.4, 0.5) is 0 Å². The predicted octanol–water partition coefficient (Wildman–Crippen LogP) is 1.45. The Morgan fingerprint density at radius 3 is 2.06 bits per heavy atom. The molecular weight excluding hydrogens is 242 g/mol. The highest BCUT2D eigenvalue weighted by molar-refractivity contribution is 7.89. The molecule has 0 saturated heterocycles. The Morgan fingerprint density at radius 1 is 1.29 bits per heavy atom. The summed E-state index contributed by atoms with van der Waals surface area (Å²) in [6.07, 6.45) is 0.290. The smallest absolute Gasteiger partial charge is 0.321 e. The minimum atomic E-state index is -3.56. The third-order valence-electron chi connectivity index (χ3n) is 1.95. The van der Waals surface area contributed by atoms with Gasteiger partial charge in [0.15, 0.2) is 0 Å². The number of aliphatic carboxylic acids is 1. The van der Waals surface area contributed by atoms with Gasteiger partial charge in [0, 0.05) is 0 Å². The number of nitrogens with one attached hydrogen (secondary N) is 1. The van der Waals surface area contributed by atoms with Crippen molar-refractivity contribution in [3.8, 4) is 0 Å². The van der Waals surface area contributed by atoms with E-state index in [1.165, 1.54) is 0 Å². The zero-order valence-electron chi connectivity index (χ0n) is 11.1. The van der Waals surface area contributed by atoms with E-state index in [1.807, 2.05) is 13.8 Å². The first-order chi connectivity index (χ1) is 7.43. The maximum Gasteiger partial charge on any atom is 0.321 e. The van der Waals surface area contributed by atoms with Gasteiger partial charge >= 0.3 is 5.97 Å². The summed E-state index contributed by atoms with van der Waals surface area (Å²) in [7, 11) is -3.56. The van der Waals surface area contributed by atoms with Crippen molar-refractivity contribution >= 4 is 16.0 Å². The molecule has 0 aliphatic carbocycles. The molecule has 0 saturated carbocycles. The quantitative estimate of drug-likeness (QED) is 0.761. The zero-order valence-corrected chi connectivity index (χ0v) is 12.0. The van der Waals surface area contributed by atoms with E-state index in [4.69, 9.17) is 5.11 Å². The van der Waals surface area contributed by atoms with Crippen LogP contribution in [0.2, 0.25) is 0 Å². The molecule has 0 aromatic rings. The molecule has 102 valence electrons. The minimum Gasteiger partial charge on any atom is -0.480 e. The molecule has 1 atom stereocenters. The number of hydrogen-bond donors (Lipinski definition) is 2. The summed E-state index contributed by atoms with van der Waals surface area (Å²) < 4.78 is 25.8. The van der Waals surface area contributed by atoms with Crippen LogP contribution in [0.15, 0.2) is 0 Å². The van der Waals surface area contributed by atoms with Crippen molar-refractivity contribution < 1.29 is 18.3 Å². The van der Waals surface area contributed by atoms with E-state index in [0.717, 1.165) is 0 Å². The number of carboxylic acids is 1. The average Bonchev–Trinajstić information content (AvgIpc) is 1.95. The highest BCUT2D eigenvalue weighted by atomic mass is 32.2. The fourth-order valence-corrected chi connectivity index (χ4v) is 3.35. The van der Waals surface area contributed by atoms with Crippen molar-refractivity contribution in [1.29, 1.82) is 0 Å². The summed E-state index contributed by atoms with van der Waals surface area (Å²) in [5, 5.41) is 8.96. The maximum absolute atomic E-state index is 11.8. The first kappa shape index (κ1) is 16.4. The van der Waals surface area contributed by atoms with Gasteiger partial charge in [-0.05, 0) is 17.8 Å². The molecule has 6 heteroatoms. The van der Waals surface area contributed by atoms with Crippen molar-refractivity contribution in [3.63, 3.8) is 0 Å². The topological polar surface area (TPSA) is 83.5 Å². The number of carboxylic acid groups (broad SMARTS) is 1. The van der Waals surface area contributed by atoms with E-state index in [-0.39, 0.29) is 11.7 Å².